The van der Waals surface area contributed by atoms with Crippen molar-refractivity contribution in [1.82, 2.24) is 15.1 Å². The minimum Gasteiger partial charge on any atom is -0.497 e. The fourth-order valence-electron chi connectivity index (χ4n) is 3.00. The van der Waals surface area contributed by atoms with Crippen LogP contribution in [0.2, 0.25) is 0 Å². The van der Waals surface area contributed by atoms with Gasteiger partial charge in [0, 0.05) is 37.8 Å². The van der Waals surface area contributed by atoms with E-state index in [-0.39, 0.29) is 24.4 Å². The van der Waals surface area contributed by atoms with Gasteiger partial charge in [0.15, 0.2) is 0 Å². The lowest BCUT2D eigenvalue weighted by Crippen LogP contribution is -2.45. The van der Waals surface area contributed by atoms with Gasteiger partial charge in [-0.25, -0.2) is 4.79 Å². The molecule has 1 aromatic carbocycles. The van der Waals surface area contributed by atoms with E-state index in [4.69, 9.17) is 9.47 Å². The van der Waals surface area contributed by atoms with E-state index in [2.05, 4.69) is 5.32 Å². The molecule has 2 rings (SSSR count). The van der Waals surface area contributed by atoms with Crippen molar-refractivity contribution in [2.24, 2.45) is 0 Å². The van der Waals surface area contributed by atoms with Gasteiger partial charge in [-0.2, -0.15) is 0 Å². The van der Waals surface area contributed by atoms with E-state index in [0.717, 1.165) is 12.0 Å². The molecular formula is C19H29N3O4. The van der Waals surface area contributed by atoms with E-state index in [0.29, 0.717) is 37.7 Å². The zero-order chi connectivity index (χ0) is 19.1. The molecule has 26 heavy (non-hydrogen) atoms. The second-order valence-corrected chi connectivity index (χ2v) is 6.68. The Morgan fingerprint density at radius 1 is 1.08 bits per heavy atom. The molecular weight excluding hydrogens is 334 g/mol. The number of carbonyl (C=O) groups is 2. The summed E-state index contributed by atoms with van der Waals surface area (Å²) in [5.41, 5.74) is 0.801. The lowest BCUT2D eigenvalue weighted by atomic mass is 10.1. The number of ether oxygens (including phenoxy) is 2. The van der Waals surface area contributed by atoms with Crippen LogP contribution in [0.3, 0.4) is 0 Å². The molecule has 0 bridgehead atoms. The molecule has 7 nitrogen and oxygen atoms in total. The predicted molar refractivity (Wildman–Crippen MR) is 99.7 cm³/mol. The number of hydrogen-bond donors (Lipinski definition) is 1. The summed E-state index contributed by atoms with van der Waals surface area (Å²) in [7, 11) is 3.19. The second-order valence-electron chi connectivity index (χ2n) is 6.68. The summed E-state index contributed by atoms with van der Waals surface area (Å²) in [4.78, 5) is 28.5. The molecule has 1 saturated heterocycles. The van der Waals surface area contributed by atoms with Crippen LogP contribution in [-0.2, 0) is 11.2 Å². The Hall–Kier alpha value is -2.44. The van der Waals surface area contributed by atoms with E-state index < -0.39 is 0 Å². The number of nitrogens with one attached hydrogen (secondary N) is 1. The summed E-state index contributed by atoms with van der Waals surface area (Å²) in [6, 6.07) is 5.48. The van der Waals surface area contributed by atoms with Crippen molar-refractivity contribution in [2.45, 2.75) is 32.7 Å². The third kappa shape index (κ3) is 5.28. The van der Waals surface area contributed by atoms with Crippen LogP contribution in [-0.4, -0.2) is 68.2 Å². The number of rotatable bonds is 5. The van der Waals surface area contributed by atoms with Crippen LogP contribution in [0.25, 0.3) is 0 Å². The predicted octanol–water partition coefficient (Wildman–Crippen LogP) is 1.90. The number of benzene rings is 1. The average molecular weight is 363 g/mol. The molecule has 1 aliphatic heterocycles. The standard InChI is InChI=1S/C19H29N3O4/c1-14(2)20-19(24)22-9-5-8-21(10-11-22)18(23)13-15-12-16(25-3)6-7-17(15)26-4/h6-7,12,14H,5,8-11,13H2,1-4H3,(H,20,24). The summed E-state index contributed by atoms with van der Waals surface area (Å²) in [5, 5.41) is 2.90. The first-order valence-corrected chi connectivity index (χ1v) is 8.98. The number of urea groups is 1. The number of amides is 3. The van der Waals surface area contributed by atoms with Crippen LogP contribution in [0.15, 0.2) is 18.2 Å². The van der Waals surface area contributed by atoms with Gasteiger partial charge in [-0.1, -0.05) is 0 Å². The average Bonchev–Trinajstić information content (AvgIpc) is 2.87. The van der Waals surface area contributed by atoms with Gasteiger partial charge in [0.1, 0.15) is 11.5 Å². The van der Waals surface area contributed by atoms with Crippen LogP contribution in [0.1, 0.15) is 25.8 Å². The molecule has 0 aromatic heterocycles. The largest absolute Gasteiger partial charge is 0.497 e. The first-order valence-electron chi connectivity index (χ1n) is 8.98. The van der Waals surface area contributed by atoms with Crippen molar-refractivity contribution in [3.63, 3.8) is 0 Å². The van der Waals surface area contributed by atoms with Gasteiger partial charge in [-0.15, -0.1) is 0 Å². The first-order chi connectivity index (χ1) is 12.4. The van der Waals surface area contributed by atoms with Gasteiger partial charge >= 0.3 is 6.03 Å². The van der Waals surface area contributed by atoms with E-state index in [1.807, 2.05) is 36.9 Å². The lowest BCUT2D eigenvalue weighted by Gasteiger charge is -2.23. The summed E-state index contributed by atoms with van der Waals surface area (Å²) in [6.07, 6.45) is 1.02. The number of methoxy groups -OCH3 is 2. The topological polar surface area (TPSA) is 71.1 Å². The maximum absolute atomic E-state index is 12.8. The highest BCUT2D eigenvalue weighted by Gasteiger charge is 2.23. The minimum absolute atomic E-state index is 0.0303. The number of nitrogens with zero attached hydrogens (tertiary/aromatic N) is 2. The highest BCUT2D eigenvalue weighted by atomic mass is 16.5. The Balaban J connectivity index is 1.99. The molecule has 1 heterocycles. The molecule has 3 amide bonds. The van der Waals surface area contributed by atoms with Crippen LogP contribution >= 0.6 is 0 Å². The molecule has 1 aliphatic rings. The van der Waals surface area contributed by atoms with Gasteiger partial charge in [-0.3, -0.25) is 4.79 Å². The Morgan fingerprint density at radius 3 is 2.42 bits per heavy atom. The van der Waals surface area contributed by atoms with Crippen LogP contribution in [0.4, 0.5) is 4.79 Å². The first kappa shape index (κ1) is 19.9. The quantitative estimate of drug-likeness (QED) is 0.867. The van der Waals surface area contributed by atoms with Crippen molar-refractivity contribution >= 4 is 11.9 Å². The number of carbonyl (C=O) groups excluding carboxylic acids is 2. The molecule has 0 aliphatic carbocycles. The summed E-state index contributed by atoms with van der Waals surface area (Å²) >= 11 is 0. The minimum atomic E-state index is -0.0660. The van der Waals surface area contributed by atoms with Crippen molar-refractivity contribution in [3.05, 3.63) is 23.8 Å². The number of hydrogen-bond acceptors (Lipinski definition) is 4. The van der Waals surface area contributed by atoms with Gasteiger partial charge in [0.2, 0.25) is 5.91 Å². The molecule has 1 aromatic rings. The lowest BCUT2D eigenvalue weighted by molar-refractivity contribution is -0.130. The van der Waals surface area contributed by atoms with E-state index >= 15 is 0 Å². The fourth-order valence-corrected chi connectivity index (χ4v) is 3.00. The smallest absolute Gasteiger partial charge is 0.317 e. The van der Waals surface area contributed by atoms with Gasteiger partial charge in [0.25, 0.3) is 0 Å². The maximum atomic E-state index is 12.8. The highest BCUT2D eigenvalue weighted by molar-refractivity contribution is 5.80. The van der Waals surface area contributed by atoms with E-state index in [9.17, 15) is 9.59 Å². The van der Waals surface area contributed by atoms with Crippen LogP contribution < -0.4 is 14.8 Å². The fraction of sp³-hybridized carbons (Fsp3) is 0.579. The summed E-state index contributed by atoms with van der Waals surface area (Å²) in [6.45, 7) is 6.26. The third-order valence-corrected chi connectivity index (χ3v) is 4.38. The molecule has 0 atom stereocenters. The summed E-state index contributed by atoms with van der Waals surface area (Å²) in [5.74, 6) is 1.40. The molecule has 1 N–H and O–H groups in total. The Morgan fingerprint density at radius 2 is 1.77 bits per heavy atom. The zero-order valence-corrected chi connectivity index (χ0v) is 16.1. The van der Waals surface area contributed by atoms with Crippen molar-refractivity contribution in [3.8, 4) is 11.5 Å². The molecule has 0 radical (unpaired) electrons. The Labute approximate surface area is 155 Å². The Bertz CT molecular complexity index is 633. The van der Waals surface area contributed by atoms with Crippen LogP contribution in [0, 0.1) is 0 Å². The monoisotopic (exact) mass is 363 g/mol. The van der Waals surface area contributed by atoms with Gasteiger partial charge in [-0.05, 0) is 38.5 Å². The van der Waals surface area contributed by atoms with E-state index in [1.165, 1.54) is 0 Å². The van der Waals surface area contributed by atoms with Crippen molar-refractivity contribution in [1.29, 1.82) is 0 Å². The zero-order valence-electron chi connectivity index (χ0n) is 16.1. The molecule has 7 heteroatoms. The molecule has 0 spiro atoms. The molecule has 0 saturated carbocycles. The van der Waals surface area contributed by atoms with Gasteiger partial charge < -0.3 is 24.6 Å². The highest BCUT2D eigenvalue weighted by Crippen LogP contribution is 2.25. The SMILES string of the molecule is COc1ccc(OC)c(CC(=O)N2CCCN(C(=O)NC(C)C)CC2)c1. The third-order valence-electron chi connectivity index (χ3n) is 4.38. The molecule has 144 valence electrons. The van der Waals surface area contributed by atoms with Gasteiger partial charge in [0.05, 0.1) is 20.6 Å². The second kappa shape index (κ2) is 9.31. The van der Waals surface area contributed by atoms with Crippen molar-refractivity contribution < 1.29 is 19.1 Å². The van der Waals surface area contributed by atoms with Crippen LogP contribution in [0.5, 0.6) is 11.5 Å². The maximum Gasteiger partial charge on any atom is 0.317 e. The normalized spacial score (nSPS) is 14.8. The Kier molecular flexibility index (Phi) is 7.12. The summed E-state index contributed by atoms with van der Waals surface area (Å²) < 4.78 is 10.6. The molecule has 0 unspecified atom stereocenters. The molecule has 1 fully saturated rings. The van der Waals surface area contributed by atoms with E-state index in [1.54, 1.807) is 19.1 Å². The van der Waals surface area contributed by atoms with Crippen molar-refractivity contribution in [2.75, 3.05) is 40.4 Å².